The van der Waals surface area contributed by atoms with Crippen LogP contribution in [0.3, 0.4) is 0 Å². The van der Waals surface area contributed by atoms with Gasteiger partial charge in [0.25, 0.3) is 0 Å². The highest BCUT2D eigenvalue weighted by atomic mass is 19.4. The Bertz CT molecular complexity index is 437. The van der Waals surface area contributed by atoms with Crippen LogP contribution in [0.25, 0.3) is 0 Å². The van der Waals surface area contributed by atoms with E-state index in [0.717, 1.165) is 25.2 Å². The maximum Gasteiger partial charge on any atom is 0.416 e. The molecule has 0 bridgehead atoms. The summed E-state index contributed by atoms with van der Waals surface area (Å²) in [7, 11) is 0. The molecule has 1 heterocycles. The normalized spacial score (nSPS) is 18.5. The molecule has 5 heteroatoms. The van der Waals surface area contributed by atoms with Gasteiger partial charge in [-0.2, -0.15) is 13.2 Å². The molecule has 104 valence electrons. The minimum Gasteiger partial charge on any atom is -0.303 e. The Labute approximate surface area is 110 Å². The van der Waals surface area contributed by atoms with Crippen LogP contribution in [0, 0.1) is 5.92 Å². The molecule has 1 aromatic carbocycles. The smallest absolute Gasteiger partial charge is 0.303 e. The van der Waals surface area contributed by atoms with E-state index >= 15 is 0 Å². The third-order valence-corrected chi connectivity index (χ3v) is 3.54. The minimum atomic E-state index is -4.31. The summed E-state index contributed by atoms with van der Waals surface area (Å²) < 4.78 is 38.6. The van der Waals surface area contributed by atoms with Gasteiger partial charge in [-0.3, -0.25) is 4.90 Å². The predicted molar refractivity (Wildman–Crippen MR) is 65.5 cm³/mol. The lowest BCUT2D eigenvalue weighted by Gasteiger charge is -2.30. The zero-order valence-electron chi connectivity index (χ0n) is 10.5. The van der Waals surface area contributed by atoms with Crippen molar-refractivity contribution in [2.75, 3.05) is 13.1 Å². The fraction of sp³-hybridized carbons (Fsp3) is 0.500. The number of alkyl halides is 3. The SMILES string of the molecule is O=CC1CCN(Cc2ccccc2C(F)(F)F)CC1. The van der Waals surface area contributed by atoms with Crippen molar-refractivity contribution in [1.82, 2.24) is 4.90 Å². The first kappa shape index (κ1) is 14.1. The molecular weight excluding hydrogens is 255 g/mol. The third-order valence-electron chi connectivity index (χ3n) is 3.54. The van der Waals surface area contributed by atoms with Crippen molar-refractivity contribution in [3.63, 3.8) is 0 Å². The molecule has 2 nitrogen and oxygen atoms in total. The Morgan fingerprint density at radius 1 is 1.21 bits per heavy atom. The van der Waals surface area contributed by atoms with Gasteiger partial charge in [-0.05, 0) is 37.6 Å². The van der Waals surface area contributed by atoms with E-state index in [1.54, 1.807) is 6.07 Å². The number of carbonyl (C=O) groups is 1. The van der Waals surface area contributed by atoms with Crippen molar-refractivity contribution >= 4 is 6.29 Å². The van der Waals surface area contributed by atoms with Gasteiger partial charge >= 0.3 is 6.18 Å². The molecule has 0 unspecified atom stereocenters. The maximum absolute atomic E-state index is 12.9. The van der Waals surface area contributed by atoms with E-state index in [1.165, 1.54) is 12.1 Å². The lowest BCUT2D eigenvalue weighted by atomic mass is 9.97. The van der Waals surface area contributed by atoms with Crippen molar-refractivity contribution in [1.29, 1.82) is 0 Å². The summed E-state index contributed by atoms with van der Waals surface area (Å²) in [6.07, 6.45) is -1.89. The molecule has 1 fully saturated rings. The molecule has 1 aliphatic rings. The predicted octanol–water partition coefficient (Wildman–Crippen LogP) is 3.12. The van der Waals surface area contributed by atoms with E-state index in [9.17, 15) is 18.0 Å². The van der Waals surface area contributed by atoms with Crippen LogP contribution >= 0.6 is 0 Å². The van der Waals surface area contributed by atoms with Crippen LogP contribution in [0.4, 0.5) is 13.2 Å². The number of nitrogens with zero attached hydrogens (tertiary/aromatic N) is 1. The number of halogens is 3. The molecule has 0 aliphatic carbocycles. The number of hydrogen-bond donors (Lipinski definition) is 0. The largest absolute Gasteiger partial charge is 0.416 e. The van der Waals surface area contributed by atoms with Crippen LogP contribution in [0.1, 0.15) is 24.0 Å². The molecule has 1 aromatic rings. The third kappa shape index (κ3) is 3.56. The molecule has 19 heavy (non-hydrogen) atoms. The second-order valence-electron chi connectivity index (χ2n) is 4.90. The first-order chi connectivity index (χ1) is 9.00. The van der Waals surface area contributed by atoms with Gasteiger partial charge in [0.1, 0.15) is 6.29 Å². The highest BCUT2D eigenvalue weighted by Gasteiger charge is 2.33. The summed E-state index contributed by atoms with van der Waals surface area (Å²) in [4.78, 5) is 12.6. The van der Waals surface area contributed by atoms with Crippen LogP contribution in [0.15, 0.2) is 24.3 Å². The fourth-order valence-corrected chi connectivity index (χ4v) is 2.42. The van der Waals surface area contributed by atoms with E-state index in [1.807, 2.05) is 4.90 Å². The van der Waals surface area contributed by atoms with Gasteiger partial charge in [0.05, 0.1) is 5.56 Å². The van der Waals surface area contributed by atoms with Gasteiger partial charge in [-0.1, -0.05) is 18.2 Å². The summed E-state index contributed by atoms with van der Waals surface area (Å²) in [5.74, 6) is 0.0640. The lowest BCUT2D eigenvalue weighted by Crippen LogP contribution is -2.34. The summed E-state index contributed by atoms with van der Waals surface area (Å²) in [6.45, 7) is 1.65. The van der Waals surface area contributed by atoms with E-state index in [-0.39, 0.29) is 5.92 Å². The Morgan fingerprint density at radius 3 is 2.42 bits per heavy atom. The Morgan fingerprint density at radius 2 is 1.84 bits per heavy atom. The monoisotopic (exact) mass is 271 g/mol. The minimum absolute atomic E-state index is 0.0640. The van der Waals surface area contributed by atoms with Gasteiger partial charge in [-0.15, -0.1) is 0 Å². The Kier molecular flexibility index (Phi) is 4.24. The van der Waals surface area contributed by atoms with Gasteiger partial charge in [0.2, 0.25) is 0 Å². The molecule has 0 aromatic heterocycles. The van der Waals surface area contributed by atoms with Crippen molar-refractivity contribution in [3.05, 3.63) is 35.4 Å². The first-order valence-electron chi connectivity index (χ1n) is 6.33. The topological polar surface area (TPSA) is 20.3 Å². The van der Waals surface area contributed by atoms with E-state index < -0.39 is 11.7 Å². The number of hydrogen-bond acceptors (Lipinski definition) is 2. The van der Waals surface area contributed by atoms with Crippen molar-refractivity contribution in [2.45, 2.75) is 25.6 Å². The number of piperidine rings is 1. The van der Waals surface area contributed by atoms with Gasteiger partial charge in [0, 0.05) is 12.5 Å². The number of aldehydes is 1. The van der Waals surface area contributed by atoms with Crippen LogP contribution in [-0.2, 0) is 17.5 Å². The molecular formula is C14H16F3NO. The molecule has 0 atom stereocenters. The van der Waals surface area contributed by atoms with Gasteiger partial charge in [0.15, 0.2) is 0 Å². The van der Waals surface area contributed by atoms with Crippen LogP contribution in [-0.4, -0.2) is 24.3 Å². The maximum atomic E-state index is 12.9. The second-order valence-corrected chi connectivity index (χ2v) is 4.90. The van der Waals surface area contributed by atoms with Crippen molar-refractivity contribution in [2.24, 2.45) is 5.92 Å². The number of rotatable bonds is 3. The molecule has 0 radical (unpaired) electrons. The summed E-state index contributed by atoms with van der Waals surface area (Å²) in [5.41, 5.74) is -0.257. The first-order valence-corrected chi connectivity index (χ1v) is 6.33. The number of benzene rings is 1. The fourth-order valence-electron chi connectivity index (χ4n) is 2.42. The molecule has 0 N–H and O–H groups in total. The summed E-state index contributed by atoms with van der Waals surface area (Å²) in [6, 6.07) is 5.68. The van der Waals surface area contributed by atoms with Crippen LogP contribution in [0.2, 0.25) is 0 Å². The Hall–Kier alpha value is -1.36. The zero-order chi connectivity index (χ0) is 13.9. The van der Waals surface area contributed by atoms with Crippen molar-refractivity contribution < 1.29 is 18.0 Å². The zero-order valence-corrected chi connectivity index (χ0v) is 10.5. The molecule has 2 rings (SSSR count). The summed E-state index contributed by atoms with van der Waals surface area (Å²) >= 11 is 0. The standard InChI is InChI=1S/C14H16F3NO/c15-14(16,17)13-4-2-1-3-12(13)9-18-7-5-11(10-19)6-8-18/h1-4,10-11H,5-9H2. The van der Waals surface area contributed by atoms with Crippen LogP contribution in [0.5, 0.6) is 0 Å². The number of carbonyl (C=O) groups excluding carboxylic acids is 1. The van der Waals surface area contributed by atoms with Crippen LogP contribution < -0.4 is 0 Å². The molecule has 0 spiro atoms. The average molecular weight is 271 g/mol. The van der Waals surface area contributed by atoms with E-state index in [4.69, 9.17) is 0 Å². The quantitative estimate of drug-likeness (QED) is 0.787. The average Bonchev–Trinajstić information content (AvgIpc) is 2.39. The second kappa shape index (κ2) is 5.74. The molecule has 0 saturated carbocycles. The van der Waals surface area contributed by atoms with Gasteiger partial charge in [-0.25, -0.2) is 0 Å². The molecule has 1 aliphatic heterocycles. The Balaban J connectivity index is 2.06. The highest BCUT2D eigenvalue weighted by Crippen LogP contribution is 2.32. The number of likely N-dealkylation sites (tertiary alicyclic amines) is 1. The lowest BCUT2D eigenvalue weighted by molar-refractivity contribution is -0.138. The van der Waals surface area contributed by atoms with Crippen molar-refractivity contribution in [3.8, 4) is 0 Å². The van der Waals surface area contributed by atoms with E-state index in [2.05, 4.69) is 0 Å². The summed E-state index contributed by atoms with van der Waals surface area (Å²) in [5, 5.41) is 0. The van der Waals surface area contributed by atoms with E-state index in [0.29, 0.717) is 25.2 Å². The van der Waals surface area contributed by atoms with Gasteiger partial charge < -0.3 is 4.79 Å². The molecule has 1 saturated heterocycles. The molecule has 0 amide bonds. The highest BCUT2D eigenvalue weighted by molar-refractivity contribution is 5.53.